The first-order valence-corrected chi connectivity index (χ1v) is 7.18. The Morgan fingerprint density at radius 1 is 1.38 bits per heavy atom. The minimum absolute atomic E-state index is 0.197. The fourth-order valence-electron chi connectivity index (χ4n) is 1.21. The molecular weight excluding hydrogens is 224 g/mol. The molecule has 1 rings (SSSR count). The van der Waals surface area contributed by atoms with Crippen molar-refractivity contribution in [2.45, 2.75) is 20.4 Å². The van der Waals surface area contributed by atoms with Crippen molar-refractivity contribution in [3.8, 4) is 0 Å². The third-order valence-electron chi connectivity index (χ3n) is 2.33. The van der Waals surface area contributed by atoms with Crippen LogP contribution < -0.4 is 5.32 Å². The van der Waals surface area contributed by atoms with Crippen LogP contribution in [0.15, 0.2) is 18.3 Å². The summed E-state index contributed by atoms with van der Waals surface area (Å²) in [5, 5.41) is 3.09. The molecule has 0 aliphatic heterocycles. The summed E-state index contributed by atoms with van der Waals surface area (Å²) in [6.45, 7) is 4.75. The number of aromatic nitrogens is 1. The maximum atomic E-state index is 11.2. The molecule has 0 spiro atoms. The molecule has 0 bridgehead atoms. The number of hydrogen-bond acceptors (Lipinski definition) is 4. The number of hydrogen-bond donors (Lipinski definition) is 1. The highest BCUT2D eigenvalue weighted by Crippen LogP contribution is 1.98. The van der Waals surface area contributed by atoms with Crippen LogP contribution in [-0.4, -0.2) is 31.5 Å². The van der Waals surface area contributed by atoms with Crippen molar-refractivity contribution in [1.82, 2.24) is 10.3 Å². The largest absolute Gasteiger partial charge is 0.312 e. The van der Waals surface area contributed by atoms with Crippen molar-refractivity contribution >= 4 is 9.84 Å². The lowest BCUT2D eigenvalue weighted by Crippen LogP contribution is -2.23. The van der Waals surface area contributed by atoms with E-state index in [1.165, 1.54) is 0 Å². The second-order valence-corrected chi connectivity index (χ2v) is 6.19. The topological polar surface area (TPSA) is 59.1 Å². The van der Waals surface area contributed by atoms with Crippen molar-refractivity contribution in [2.24, 2.45) is 0 Å². The van der Waals surface area contributed by atoms with E-state index in [1.807, 2.05) is 19.1 Å². The molecule has 0 unspecified atom stereocenters. The summed E-state index contributed by atoms with van der Waals surface area (Å²) in [7, 11) is -2.86. The van der Waals surface area contributed by atoms with Gasteiger partial charge in [0.1, 0.15) is 0 Å². The molecule has 4 nitrogen and oxygen atoms in total. The molecule has 5 heteroatoms. The normalized spacial score (nSPS) is 11.6. The lowest BCUT2D eigenvalue weighted by Gasteiger charge is -2.04. The van der Waals surface area contributed by atoms with Crippen molar-refractivity contribution in [3.05, 3.63) is 29.6 Å². The second kappa shape index (κ2) is 5.96. The molecule has 0 radical (unpaired) electrons. The Balaban J connectivity index is 2.29. The lowest BCUT2D eigenvalue weighted by molar-refractivity contribution is 0.592. The molecular formula is C11H18N2O2S. The van der Waals surface area contributed by atoms with E-state index in [-0.39, 0.29) is 11.5 Å². The smallest absolute Gasteiger partial charge is 0.151 e. The summed E-state index contributed by atoms with van der Waals surface area (Å²) < 4.78 is 22.4. The van der Waals surface area contributed by atoms with Gasteiger partial charge in [0.05, 0.1) is 5.75 Å². The van der Waals surface area contributed by atoms with E-state index in [2.05, 4.69) is 10.3 Å². The fraction of sp³-hybridized carbons (Fsp3) is 0.545. The molecule has 1 aromatic rings. The fourth-order valence-corrected chi connectivity index (χ4v) is 1.95. The highest BCUT2D eigenvalue weighted by atomic mass is 32.2. The zero-order valence-electron chi connectivity index (χ0n) is 9.73. The molecule has 0 atom stereocenters. The average Bonchev–Trinajstić information content (AvgIpc) is 2.27. The second-order valence-electron chi connectivity index (χ2n) is 3.72. The van der Waals surface area contributed by atoms with Crippen molar-refractivity contribution in [1.29, 1.82) is 0 Å². The highest BCUT2D eigenvalue weighted by molar-refractivity contribution is 7.91. The summed E-state index contributed by atoms with van der Waals surface area (Å²) in [6, 6.07) is 3.93. The van der Waals surface area contributed by atoms with Gasteiger partial charge < -0.3 is 5.32 Å². The van der Waals surface area contributed by atoms with E-state index in [1.54, 1.807) is 13.1 Å². The summed E-state index contributed by atoms with van der Waals surface area (Å²) in [6.07, 6.45) is 1.80. The minimum atomic E-state index is -2.86. The molecule has 0 aliphatic rings. The van der Waals surface area contributed by atoms with E-state index in [0.717, 1.165) is 11.3 Å². The Morgan fingerprint density at radius 3 is 2.69 bits per heavy atom. The van der Waals surface area contributed by atoms with Crippen LogP contribution in [0.3, 0.4) is 0 Å². The van der Waals surface area contributed by atoms with E-state index < -0.39 is 9.84 Å². The standard InChI is InChI=1S/C11H18N2O2S/c1-3-16(14,15)7-6-12-8-11-5-4-10(2)13-9-11/h4-5,9,12H,3,6-8H2,1-2H3. The maximum Gasteiger partial charge on any atom is 0.151 e. The van der Waals surface area contributed by atoms with Gasteiger partial charge in [-0.3, -0.25) is 4.98 Å². The molecule has 0 fully saturated rings. The van der Waals surface area contributed by atoms with Gasteiger partial charge in [0.2, 0.25) is 0 Å². The molecule has 1 heterocycles. The first-order valence-electron chi connectivity index (χ1n) is 5.36. The Labute approximate surface area is 97.0 Å². The third kappa shape index (κ3) is 4.72. The summed E-state index contributed by atoms with van der Waals surface area (Å²) in [4.78, 5) is 4.16. The number of nitrogens with one attached hydrogen (secondary N) is 1. The number of nitrogens with zero attached hydrogens (tertiary/aromatic N) is 1. The van der Waals surface area contributed by atoms with Crippen LogP contribution in [0, 0.1) is 6.92 Å². The monoisotopic (exact) mass is 242 g/mol. The molecule has 0 saturated carbocycles. The maximum absolute atomic E-state index is 11.2. The van der Waals surface area contributed by atoms with Crippen LogP contribution in [0.4, 0.5) is 0 Å². The van der Waals surface area contributed by atoms with Crippen LogP contribution in [0.5, 0.6) is 0 Å². The SMILES string of the molecule is CCS(=O)(=O)CCNCc1ccc(C)nc1. The Hall–Kier alpha value is -0.940. The van der Waals surface area contributed by atoms with Crippen molar-refractivity contribution < 1.29 is 8.42 Å². The van der Waals surface area contributed by atoms with Gasteiger partial charge >= 0.3 is 0 Å². The molecule has 16 heavy (non-hydrogen) atoms. The molecule has 0 aromatic carbocycles. The van der Waals surface area contributed by atoms with Gasteiger partial charge in [-0.25, -0.2) is 8.42 Å². The van der Waals surface area contributed by atoms with Gasteiger partial charge in [-0.15, -0.1) is 0 Å². The van der Waals surface area contributed by atoms with E-state index in [4.69, 9.17) is 0 Å². The number of aryl methyl sites for hydroxylation is 1. The Kier molecular flexibility index (Phi) is 4.89. The van der Waals surface area contributed by atoms with Gasteiger partial charge in [0.15, 0.2) is 9.84 Å². The molecule has 90 valence electrons. The minimum Gasteiger partial charge on any atom is -0.312 e. The molecule has 1 N–H and O–H groups in total. The molecule has 0 amide bonds. The van der Waals surface area contributed by atoms with Gasteiger partial charge in [-0.1, -0.05) is 13.0 Å². The van der Waals surface area contributed by atoms with Crippen LogP contribution in [0.2, 0.25) is 0 Å². The van der Waals surface area contributed by atoms with Crippen molar-refractivity contribution in [3.63, 3.8) is 0 Å². The third-order valence-corrected chi connectivity index (χ3v) is 4.04. The summed E-state index contributed by atoms with van der Waals surface area (Å²) in [5.74, 6) is 0.406. The molecule has 0 aliphatic carbocycles. The summed E-state index contributed by atoms with van der Waals surface area (Å²) in [5.41, 5.74) is 2.05. The summed E-state index contributed by atoms with van der Waals surface area (Å²) >= 11 is 0. The molecule has 1 aromatic heterocycles. The van der Waals surface area contributed by atoms with E-state index in [9.17, 15) is 8.42 Å². The Morgan fingerprint density at radius 2 is 2.12 bits per heavy atom. The first kappa shape index (κ1) is 13.1. The first-order chi connectivity index (χ1) is 7.53. The van der Waals surface area contributed by atoms with Crippen LogP contribution in [0.25, 0.3) is 0 Å². The predicted octanol–water partition coefficient (Wildman–Crippen LogP) is 0.914. The average molecular weight is 242 g/mol. The number of sulfone groups is 1. The zero-order chi connectivity index (χ0) is 12.0. The zero-order valence-corrected chi connectivity index (χ0v) is 10.5. The lowest BCUT2D eigenvalue weighted by atomic mass is 10.2. The van der Waals surface area contributed by atoms with Gasteiger partial charge in [0, 0.05) is 30.7 Å². The van der Waals surface area contributed by atoms with Gasteiger partial charge in [-0.2, -0.15) is 0 Å². The van der Waals surface area contributed by atoms with Crippen LogP contribution >= 0.6 is 0 Å². The molecule has 0 saturated heterocycles. The van der Waals surface area contributed by atoms with Crippen molar-refractivity contribution in [2.75, 3.05) is 18.1 Å². The highest BCUT2D eigenvalue weighted by Gasteiger charge is 2.05. The number of rotatable bonds is 6. The van der Waals surface area contributed by atoms with Gasteiger partial charge in [0.25, 0.3) is 0 Å². The Bertz CT molecular complexity index is 412. The predicted molar refractivity (Wildman–Crippen MR) is 65.0 cm³/mol. The number of pyridine rings is 1. The van der Waals surface area contributed by atoms with Crippen LogP contribution in [0.1, 0.15) is 18.2 Å². The van der Waals surface area contributed by atoms with E-state index >= 15 is 0 Å². The van der Waals surface area contributed by atoms with E-state index in [0.29, 0.717) is 13.1 Å². The van der Waals surface area contributed by atoms with Crippen LogP contribution in [-0.2, 0) is 16.4 Å². The quantitative estimate of drug-likeness (QED) is 0.753. The van der Waals surface area contributed by atoms with Gasteiger partial charge in [-0.05, 0) is 18.6 Å².